The summed E-state index contributed by atoms with van der Waals surface area (Å²) in [6.07, 6.45) is 4.29. The Labute approximate surface area is 146 Å². The lowest BCUT2D eigenvalue weighted by Gasteiger charge is -2.23. The molecule has 6 heteroatoms. The van der Waals surface area contributed by atoms with Crippen molar-refractivity contribution < 1.29 is 0 Å². The highest BCUT2D eigenvalue weighted by atomic mass is 35.5. The Morgan fingerprint density at radius 3 is 2.52 bits per heavy atom. The van der Waals surface area contributed by atoms with Crippen LogP contribution in [0, 0.1) is 0 Å². The van der Waals surface area contributed by atoms with Gasteiger partial charge in [-0.1, -0.05) is 25.4 Å². The molecule has 0 aliphatic heterocycles. The van der Waals surface area contributed by atoms with E-state index in [-0.39, 0.29) is 0 Å². The molecule has 1 aromatic heterocycles. The number of halogens is 1. The summed E-state index contributed by atoms with van der Waals surface area (Å²) in [7, 11) is 5.89. The Morgan fingerprint density at radius 2 is 2.00 bits per heavy atom. The molecule has 1 aromatic rings. The second-order valence-electron chi connectivity index (χ2n) is 5.82. The molecule has 1 N–H and O–H groups in total. The molecule has 132 valence electrons. The fourth-order valence-corrected chi connectivity index (χ4v) is 2.90. The monoisotopic (exact) mass is 341 g/mol. The maximum absolute atomic E-state index is 6.04. The summed E-state index contributed by atoms with van der Waals surface area (Å²) >= 11 is 6.04. The molecule has 0 amide bonds. The van der Waals surface area contributed by atoms with Gasteiger partial charge in [0, 0.05) is 39.6 Å². The maximum atomic E-state index is 6.04. The minimum Gasteiger partial charge on any atom is -0.356 e. The number of aromatic nitrogens is 1. The first-order valence-corrected chi connectivity index (χ1v) is 8.84. The van der Waals surface area contributed by atoms with Crippen molar-refractivity contribution in [3.63, 3.8) is 0 Å². The molecule has 0 fully saturated rings. The predicted molar refractivity (Wildman–Crippen MR) is 100 cm³/mol. The first kappa shape index (κ1) is 19.8. The number of rotatable bonds is 9. The van der Waals surface area contributed by atoms with Crippen LogP contribution in [0.1, 0.15) is 32.4 Å². The average molecular weight is 342 g/mol. The molecule has 0 saturated carbocycles. The van der Waals surface area contributed by atoms with E-state index in [1.165, 1.54) is 18.7 Å². The summed E-state index contributed by atoms with van der Waals surface area (Å²) in [5.41, 5.74) is 1.17. The van der Waals surface area contributed by atoms with Crippen LogP contribution in [-0.4, -0.2) is 60.6 Å². The van der Waals surface area contributed by atoms with Gasteiger partial charge in [0.25, 0.3) is 0 Å². The van der Waals surface area contributed by atoms with Crippen LogP contribution < -0.4 is 5.32 Å². The van der Waals surface area contributed by atoms with Crippen molar-refractivity contribution in [1.29, 1.82) is 0 Å². The van der Waals surface area contributed by atoms with E-state index in [9.17, 15) is 0 Å². The van der Waals surface area contributed by atoms with E-state index < -0.39 is 0 Å². The van der Waals surface area contributed by atoms with Gasteiger partial charge in [-0.3, -0.25) is 4.99 Å². The maximum Gasteiger partial charge on any atom is 0.193 e. The Hall–Kier alpha value is -1.20. The third-order valence-electron chi connectivity index (χ3n) is 4.13. The zero-order valence-corrected chi connectivity index (χ0v) is 16.0. The molecule has 0 aliphatic rings. The van der Waals surface area contributed by atoms with Crippen molar-refractivity contribution in [2.45, 2.75) is 33.2 Å². The number of nitrogens with zero attached hydrogens (tertiary/aromatic N) is 4. The molecule has 0 unspecified atom stereocenters. The molecule has 5 nitrogen and oxygen atoms in total. The molecule has 0 radical (unpaired) electrons. The molecule has 0 bridgehead atoms. The van der Waals surface area contributed by atoms with Crippen molar-refractivity contribution >= 4 is 17.6 Å². The molecular formula is C17H32ClN5. The summed E-state index contributed by atoms with van der Waals surface area (Å²) in [4.78, 5) is 8.94. The normalized spacial score (nSPS) is 12.0. The molecule has 0 atom stereocenters. The molecule has 0 aliphatic carbocycles. The number of hydrogen-bond donors (Lipinski definition) is 1. The van der Waals surface area contributed by atoms with Gasteiger partial charge in [0.1, 0.15) is 0 Å². The third kappa shape index (κ3) is 6.83. The third-order valence-corrected chi connectivity index (χ3v) is 4.33. The van der Waals surface area contributed by atoms with E-state index in [0.29, 0.717) is 0 Å². The first-order chi connectivity index (χ1) is 11.0. The van der Waals surface area contributed by atoms with Crippen LogP contribution in [-0.2, 0) is 13.6 Å². The second kappa shape index (κ2) is 10.6. The highest BCUT2D eigenvalue weighted by molar-refractivity contribution is 6.30. The van der Waals surface area contributed by atoms with Crippen LogP contribution in [0.2, 0.25) is 5.02 Å². The van der Waals surface area contributed by atoms with E-state index in [1.54, 1.807) is 0 Å². The van der Waals surface area contributed by atoms with Crippen LogP contribution in [0.3, 0.4) is 0 Å². The summed E-state index contributed by atoms with van der Waals surface area (Å²) in [5.74, 6) is 0.921. The standard InChI is InChI=1S/C17H32ClN5/c1-6-23(7-2)11-9-8-10-20-17(19-3)22(5)14-16-12-15(18)13-21(16)4/h12-13H,6-11,14H2,1-5H3,(H,19,20). The summed E-state index contributed by atoms with van der Waals surface area (Å²) in [6, 6.07) is 2.00. The van der Waals surface area contributed by atoms with Crippen molar-refractivity contribution in [2.24, 2.45) is 12.0 Å². The van der Waals surface area contributed by atoms with Gasteiger partial charge in [0.05, 0.1) is 11.6 Å². The SMILES string of the molecule is CCN(CC)CCCCNC(=NC)N(C)Cc1cc(Cl)cn1C. The number of hydrogen-bond acceptors (Lipinski definition) is 2. The van der Waals surface area contributed by atoms with Gasteiger partial charge in [-0.25, -0.2) is 0 Å². The van der Waals surface area contributed by atoms with Gasteiger partial charge in [-0.15, -0.1) is 0 Å². The molecule has 0 spiro atoms. The van der Waals surface area contributed by atoms with Crippen LogP contribution in [0.4, 0.5) is 0 Å². The molecule has 1 rings (SSSR count). The Morgan fingerprint density at radius 1 is 1.30 bits per heavy atom. The fraction of sp³-hybridized carbons (Fsp3) is 0.706. The summed E-state index contributed by atoms with van der Waals surface area (Å²) in [5, 5.41) is 4.21. The van der Waals surface area contributed by atoms with Crippen LogP contribution in [0.25, 0.3) is 0 Å². The Bertz CT molecular complexity index is 479. The largest absolute Gasteiger partial charge is 0.356 e. The molecule has 1 heterocycles. The van der Waals surface area contributed by atoms with Gasteiger partial charge >= 0.3 is 0 Å². The molecular weight excluding hydrogens is 310 g/mol. The van der Waals surface area contributed by atoms with E-state index in [0.717, 1.165) is 43.6 Å². The lowest BCUT2D eigenvalue weighted by molar-refractivity contribution is 0.297. The van der Waals surface area contributed by atoms with Gasteiger partial charge in [0.15, 0.2) is 5.96 Å². The lowest BCUT2D eigenvalue weighted by atomic mass is 10.3. The highest BCUT2D eigenvalue weighted by Gasteiger charge is 2.09. The minimum absolute atomic E-state index is 0.773. The van der Waals surface area contributed by atoms with Gasteiger partial charge in [0.2, 0.25) is 0 Å². The molecule has 0 saturated heterocycles. The zero-order chi connectivity index (χ0) is 17.2. The van der Waals surface area contributed by atoms with Gasteiger partial charge in [-0.2, -0.15) is 0 Å². The highest BCUT2D eigenvalue weighted by Crippen LogP contribution is 2.14. The van der Waals surface area contributed by atoms with Crippen LogP contribution >= 0.6 is 11.6 Å². The molecule has 0 aromatic carbocycles. The minimum atomic E-state index is 0.773. The van der Waals surface area contributed by atoms with E-state index in [2.05, 4.69) is 38.5 Å². The Balaban J connectivity index is 2.34. The zero-order valence-electron chi connectivity index (χ0n) is 15.3. The van der Waals surface area contributed by atoms with Crippen LogP contribution in [0.15, 0.2) is 17.3 Å². The quantitative estimate of drug-likeness (QED) is 0.426. The smallest absolute Gasteiger partial charge is 0.193 e. The summed E-state index contributed by atoms with van der Waals surface area (Å²) in [6.45, 7) is 9.60. The number of aryl methyl sites for hydroxylation is 1. The number of nitrogens with one attached hydrogen (secondary N) is 1. The van der Waals surface area contributed by atoms with Crippen LogP contribution in [0.5, 0.6) is 0 Å². The van der Waals surface area contributed by atoms with Crippen molar-refractivity contribution in [3.05, 3.63) is 23.0 Å². The second-order valence-corrected chi connectivity index (χ2v) is 6.26. The van der Waals surface area contributed by atoms with E-state index in [4.69, 9.17) is 11.6 Å². The lowest BCUT2D eigenvalue weighted by Crippen LogP contribution is -2.39. The predicted octanol–water partition coefficient (Wildman–Crippen LogP) is 2.81. The number of aliphatic imine (C=N–C) groups is 1. The Kier molecular flexibility index (Phi) is 9.10. The number of unbranched alkanes of at least 4 members (excludes halogenated alkanes) is 1. The topological polar surface area (TPSA) is 35.8 Å². The first-order valence-electron chi connectivity index (χ1n) is 8.46. The summed E-state index contributed by atoms with van der Waals surface area (Å²) < 4.78 is 2.05. The average Bonchev–Trinajstić information content (AvgIpc) is 2.84. The van der Waals surface area contributed by atoms with Crippen molar-refractivity contribution in [2.75, 3.05) is 40.3 Å². The number of guanidine groups is 1. The van der Waals surface area contributed by atoms with Crippen molar-refractivity contribution in [1.82, 2.24) is 19.7 Å². The van der Waals surface area contributed by atoms with E-state index >= 15 is 0 Å². The van der Waals surface area contributed by atoms with Gasteiger partial charge < -0.3 is 19.7 Å². The van der Waals surface area contributed by atoms with Crippen molar-refractivity contribution in [3.8, 4) is 0 Å². The van der Waals surface area contributed by atoms with Gasteiger partial charge in [-0.05, 0) is 38.5 Å². The fourth-order valence-electron chi connectivity index (χ4n) is 2.63. The molecule has 23 heavy (non-hydrogen) atoms. The van der Waals surface area contributed by atoms with E-state index in [1.807, 2.05) is 33.4 Å².